The summed E-state index contributed by atoms with van der Waals surface area (Å²) in [5.74, 6) is -1.70. The Morgan fingerprint density at radius 1 is 0.935 bits per heavy atom. The van der Waals surface area contributed by atoms with Gasteiger partial charge in [0.2, 0.25) is 0 Å². The molecule has 1 aliphatic heterocycles. The van der Waals surface area contributed by atoms with Crippen LogP contribution >= 0.6 is 11.6 Å². The van der Waals surface area contributed by atoms with Crippen molar-refractivity contribution in [2.75, 3.05) is 49.7 Å². The minimum atomic E-state index is -4.66. The van der Waals surface area contributed by atoms with Gasteiger partial charge in [-0.3, -0.25) is 14.4 Å². The molecule has 1 aliphatic rings. The third-order valence-electron chi connectivity index (χ3n) is 7.05. The van der Waals surface area contributed by atoms with E-state index in [0.29, 0.717) is 0 Å². The van der Waals surface area contributed by atoms with Crippen LogP contribution in [0.4, 0.5) is 24.5 Å². The number of nitrogens with one attached hydrogen (secondary N) is 3. The molecule has 0 spiro atoms. The number of nitrogens with zero attached hydrogens (tertiary/aromatic N) is 2. The molecule has 0 radical (unpaired) electrons. The summed E-state index contributed by atoms with van der Waals surface area (Å²) in [6.45, 7) is 2.04. The Hall–Kier alpha value is -4.46. The summed E-state index contributed by atoms with van der Waals surface area (Å²) in [6.07, 6.45) is -0.519. The average molecular weight is 660 g/mol. The highest BCUT2D eigenvalue weighted by Gasteiger charge is 2.33. The molecule has 10 nitrogen and oxygen atoms in total. The van der Waals surface area contributed by atoms with Crippen molar-refractivity contribution in [1.82, 2.24) is 10.7 Å². The number of benzene rings is 3. The Morgan fingerprint density at radius 3 is 2.39 bits per heavy atom. The molecule has 3 aromatic carbocycles. The number of carbonyl (C=O) groups excluding carboxylic acids is 3. The molecular formula is C32H33ClF3N5O5. The molecule has 0 aromatic heterocycles. The number of alkyl halides is 3. The highest BCUT2D eigenvalue weighted by Crippen LogP contribution is 2.35. The quantitative estimate of drug-likeness (QED) is 0.122. The second-order valence-corrected chi connectivity index (χ2v) is 10.7. The first kappa shape index (κ1) is 34.4. The van der Waals surface area contributed by atoms with Crippen LogP contribution in [0.25, 0.3) is 0 Å². The van der Waals surface area contributed by atoms with Crippen molar-refractivity contribution in [3.63, 3.8) is 0 Å². The first-order valence-electron chi connectivity index (χ1n) is 14.5. The first-order chi connectivity index (χ1) is 22.1. The van der Waals surface area contributed by atoms with Gasteiger partial charge in [0.15, 0.2) is 0 Å². The number of anilines is 2. The number of piperidine rings is 1. The summed E-state index contributed by atoms with van der Waals surface area (Å²) in [5, 5.41) is 17.5. The summed E-state index contributed by atoms with van der Waals surface area (Å²) < 4.78 is 44.9. The van der Waals surface area contributed by atoms with E-state index in [1.807, 2.05) is 0 Å². The number of aliphatic hydroxyl groups is 1. The van der Waals surface area contributed by atoms with Gasteiger partial charge in [-0.25, -0.2) is 5.43 Å². The van der Waals surface area contributed by atoms with Crippen LogP contribution < -0.4 is 21.0 Å². The molecule has 4 N–H and O–H groups in total. The molecule has 14 heteroatoms. The van der Waals surface area contributed by atoms with Crippen LogP contribution in [0.5, 0.6) is 0 Å². The summed E-state index contributed by atoms with van der Waals surface area (Å²) in [4.78, 5) is 41.3. The lowest BCUT2D eigenvalue weighted by Crippen LogP contribution is -2.30. The molecule has 1 heterocycles. The molecule has 0 atom stereocenters. The maximum atomic E-state index is 13.3. The SMILES string of the molecule is O=C(NCCOCCO)c1cccc(C(=O)Nc2ccc(N3CCCCC3)cc2C(=O)N/N=C\c2ccc(Cl)c(C(F)(F)F)c2)c1. The molecule has 1 fully saturated rings. The van der Waals surface area contributed by atoms with Crippen LogP contribution in [-0.4, -0.2) is 68.5 Å². The smallest absolute Gasteiger partial charge is 0.394 e. The van der Waals surface area contributed by atoms with Gasteiger partial charge in [-0.15, -0.1) is 0 Å². The minimum Gasteiger partial charge on any atom is -0.394 e. The van der Waals surface area contributed by atoms with Crippen molar-refractivity contribution in [2.24, 2.45) is 5.10 Å². The fraction of sp³-hybridized carbons (Fsp3) is 0.312. The Bertz CT molecular complexity index is 1580. The van der Waals surface area contributed by atoms with Crippen molar-refractivity contribution < 1.29 is 37.4 Å². The van der Waals surface area contributed by atoms with Gasteiger partial charge in [0, 0.05) is 36.4 Å². The molecule has 4 rings (SSSR count). The van der Waals surface area contributed by atoms with Crippen molar-refractivity contribution in [2.45, 2.75) is 25.4 Å². The van der Waals surface area contributed by atoms with Gasteiger partial charge in [0.05, 0.1) is 47.9 Å². The third-order valence-corrected chi connectivity index (χ3v) is 7.38. The molecule has 244 valence electrons. The first-order valence-corrected chi connectivity index (χ1v) is 14.9. The fourth-order valence-electron chi connectivity index (χ4n) is 4.75. The summed E-state index contributed by atoms with van der Waals surface area (Å²) in [5.41, 5.74) is 2.77. The van der Waals surface area contributed by atoms with Gasteiger partial charge in [0.1, 0.15) is 0 Å². The number of hydrogen-bond acceptors (Lipinski definition) is 7. The van der Waals surface area contributed by atoms with Gasteiger partial charge in [0.25, 0.3) is 17.7 Å². The molecule has 0 unspecified atom stereocenters. The number of hydrazone groups is 1. The number of ether oxygens (including phenoxy) is 1. The number of hydrogen-bond donors (Lipinski definition) is 4. The van der Waals surface area contributed by atoms with Gasteiger partial charge < -0.3 is 25.4 Å². The van der Waals surface area contributed by atoms with Crippen LogP contribution in [0.15, 0.2) is 65.8 Å². The third kappa shape index (κ3) is 9.52. The van der Waals surface area contributed by atoms with Crippen LogP contribution in [0, 0.1) is 0 Å². The molecule has 46 heavy (non-hydrogen) atoms. The predicted octanol–water partition coefficient (Wildman–Crippen LogP) is 5.10. The average Bonchev–Trinajstić information content (AvgIpc) is 3.05. The van der Waals surface area contributed by atoms with E-state index in [9.17, 15) is 27.6 Å². The zero-order valence-electron chi connectivity index (χ0n) is 24.7. The largest absolute Gasteiger partial charge is 0.417 e. The Kier molecular flexibility index (Phi) is 12.1. The molecule has 0 saturated carbocycles. The topological polar surface area (TPSA) is 132 Å². The van der Waals surface area contributed by atoms with Crippen LogP contribution in [0.2, 0.25) is 5.02 Å². The monoisotopic (exact) mass is 659 g/mol. The number of carbonyl (C=O) groups is 3. The van der Waals surface area contributed by atoms with E-state index in [2.05, 4.69) is 26.1 Å². The van der Waals surface area contributed by atoms with Gasteiger partial charge in [-0.05, 0) is 73.4 Å². The highest BCUT2D eigenvalue weighted by atomic mass is 35.5. The molecule has 3 aromatic rings. The Morgan fingerprint density at radius 2 is 1.67 bits per heavy atom. The zero-order chi connectivity index (χ0) is 33.1. The number of aliphatic hydroxyl groups excluding tert-OH is 1. The van der Waals surface area contributed by atoms with E-state index >= 15 is 0 Å². The normalized spacial score (nSPS) is 13.5. The number of amides is 3. The van der Waals surface area contributed by atoms with E-state index in [0.717, 1.165) is 56.4 Å². The molecule has 0 bridgehead atoms. The lowest BCUT2D eigenvalue weighted by Gasteiger charge is -2.29. The van der Waals surface area contributed by atoms with Crippen LogP contribution in [0.1, 0.15) is 61.5 Å². The number of halogens is 4. The minimum absolute atomic E-state index is 0.0641. The van der Waals surface area contributed by atoms with E-state index in [1.165, 1.54) is 18.2 Å². The van der Waals surface area contributed by atoms with E-state index < -0.39 is 34.5 Å². The lowest BCUT2D eigenvalue weighted by molar-refractivity contribution is -0.137. The van der Waals surface area contributed by atoms with Crippen molar-refractivity contribution in [1.29, 1.82) is 0 Å². The van der Waals surface area contributed by atoms with Crippen LogP contribution in [0.3, 0.4) is 0 Å². The second-order valence-electron chi connectivity index (χ2n) is 10.3. The van der Waals surface area contributed by atoms with Crippen molar-refractivity contribution >= 4 is 46.9 Å². The molecule has 0 aliphatic carbocycles. The van der Waals surface area contributed by atoms with Gasteiger partial charge in [-0.1, -0.05) is 23.7 Å². The molecule has 1 saturated heterocycles. The summed E-state index contributed by atoms with van der Waals surface area (Å²) in [6, 6.07) is 14.3. The lowest BCUT2D eigenvalue weighted by atomic mass is 10.1. The summed E-state index contributed by atoms with van der Waals surface area (Å²) >= 11 is 5.68. The van der Waals surface area contributed by atoms with E-state index in [1.54, 1.807) is 30.3 Å². The van der Waals surface area contributed by atoms with E-state index in [4.69, 9.17) is 21.4 Å². The molecule has 3 amide bonds. The number of rotatable bonds is 12. The molecular weight excluding hydrogens is 627 g/mol. The van der Waals surface area contributed by atoms with Gasteiger partial charge >= 0.3 is 6.18 Å². The summed E-state index contributed by atoms with van der Waals surface area (Å²) in [7, 11) is 0. The maximum absolute atomic E-state index is 13.3. The highest BCUT2D eigenvalue weighted by molar-refractivity contribution is 6.31. The van der Waals surface area contributed by atoms with Crippen molar-refractivity contribution in [3.05, 3.63) is 93.5 Å². The second kappa shape index (κ2) is 16.2. The zero-order valence-corrected chi connectivity index (χ0v) is 25.5. The van der Waals surface area contributed by atoms with E-state index in [-0.39, 0.29) is 54.3 Å². The maximum Gasteiger partial charge on any atom is 0.417 e. The Labute approximate surface area is 268 Å². The van der Waals surface area contributed by atoms with Crippen LogP contribution in [-0.2, 0) is 10.9 Å². The van der Waals surface area contributed by atoms with Gasteiger partial charge in [-0.2, -0.15) is 18.3 Å². The predicted molar refractivity (Wildman–Crippen MR) is 169 cm³/mol. The fourth-order valence-corrected chi connectivity index (χ4v) is 4.97. The standard InChI is InChI=1S/C32H33ClF3N5O5/c33-27-9-7-21(17-26(27)32(34,35)36)20-38-40-31(45)25-19-24(41-12-2-1-3-13-41)8-10-28(25)39-30(44)23-6-4-5-22(18-23)29(43)37-11-15-46-16-14-42/h4-10,17-20,42H,1-3,11-16H2,(H,37,43)(H,39,44)(H,40,45)/b38-20-. The van der Waals surface area contributed by atoms with Crippen molar-refractivity contribution in [3.8, 4) is 0 Å². The Balaban J connectivity index is 1.52.